The van der Waals surface area contributed by atoms with Crippen LogP contribution in [0.15, 0.2) is 36.8 Å². The topological polar surface area (TPSA) is 119 Å². The van der Waals surface area contributed by atoms with Gasteiger partial charge < -0.3 is 19.3 Å². The van der Waals surface area contributed by atoms with E-state index in [2.05, 4.69) is 33.6 Å². The Bertz CT molecular complexity index is 1330. The van der Waals surface area contributed by atoms with Gasteiger partial charge in [-0.05, 0) is 44.9 Å². The van der Waals surface area contributed by atoms with E-state index < -0.39 is 24.1 Å². The van der Waals surface area contributed by atoms with E-state index in [1.807, 2.05) is 0 Å². The zero-order chi connectivity index (χ0) is 36.1. The number of carbonyl (C=O) groups excluding carboxylic acids is 4. The molecule has 0 unspecified atom stereocenters. The molecule has 0 amide bonds. The average Bonchev–Trinajstić information content (AvgIpc) is 3.14. The van der Waals surface area contributed by atoms with Crippen LogP contribution in [0.4, 0.5) is 11.5 Å². The molecule has 1 fully saturated rings. The molecule has 0 aromatic carbocycles. The number of piperazine rings is 1. The highest BCUT2D eigenvalue weighted by Crippen LogP contribution is 2.21. The highest BCUT2D eigenvalue weighted by Gasteiger charge is 2.23. The van der Waals surface area contributed by atoms with E-state index in [4.69, 9.17) is 9.47 Å². The van der Waals surface area contributed by atoms with E-state index in [0.29, 0.717) is 50.1 Å². The molecule has 50 heavy (non-hydrogen) atoms. The Morgan fingerprint density at radius 2 is 1.10 bits per heavy atom. The molecule has 276 valence electrons. The number of nitrogens with zero attached hydrogens (tertiary/aromatic N) is 4. The fourth-order valence-corrected chi connectivity index (χ4v) is 6.11. The maximum Gasteiger partial charge on any atom is 0.340 e. The number of carbonyl (C=O) groups is 4. The summed E-state index contributed by atoms with van der Waals surface area (Å²) in [6.07, 6.45) is 19.8. The van der Waals surface area contributed by atoms with Gasteiger partial charge in [0, 0.05) is 51.4 Å². The molecule has 2 aromatic rings. The van der Waals surface area contributed by atoms with E-state index in [-0.39, 0.29) is 11.6 Å². The summed E-state index contributed by atoms with van der Waals surface area (Å²) in [4.78, 5) is 63.6. The molecule has 3 heterocycles. The van der Waals surface area contributed by atoms with Crippen LogP contribution in [-0.4, -0.2) is 71.9 Å². The van der Waals surface area contributed by atoms with E-state index in [9.17, 15) is 19.2 Å². The molecule has 0 spiro atoms. The number of hydrogen-bond donors (Lipinski definition) is 0. The summed E-state index contributed by atoms with van der Waals surface area (Å²) in [6, 6.07) is 5.24. The summed E-state index contributed by atoms with van der Waals surface area (Å²) in [5.74, 6) is -0.453. The molecule has 3 rings (SSSR count). The zero-order valence-electron chi connectivity index (χ0n) is 31.0. The van der Waals surface area contributed by atoms with E-state index in [1.165, 1.54) is 63.8 Å². The first kappa shape index (κ1) is 40.6. The van der Waals surface area contributed by atoms with Crippen LogP contribution < -0.4 is 9.80 Å². The fraction of sp³-hybridized carbons (Fsp3) is 0.650. The van der Waals surface area contributed by atoms with Gasteiger partial charge in [-0.15, -0.1) is 0 Å². The predicted octanol–water partition coefficient (Wildman–Crippen LogP) is 8.31. The van der Waals surface area contributed by atoms with Gasteiger partial charge in [-0.1, -0.05) is 90.9 Å². The first-order chi connectivity index (χ1) is 24.2. The number of Topliss-reactive ketones (excluding diaryl/α,β-unsaturated/α-hetero) is 2. The second kappa shape index (κ2) is 22.8. The summed E-state index contributed by atoms with van der Waals surface area (Å²) in [6.45, 7) is 10.4. The predicted molar refractivity (Wildman–Crippen MR) is 198 cm³/mol. The van der Waals surface area contributed by atoms with E-state index >= 15 is 0 Å². The highest BCUT2D eigenvalue weighted by molar-refractivity contribution is 5.93. The molecule has 0 saturated carbocycles. The second-order valence-corrected chi connectivity index (χ2v) is 13.6. The quantitative estimate of drug-likeness (QED) is 0.0785. The van der Waals surface area contributed by atoms with Gasteiger partial charge in [0.05, 0.1) is 23.0 Å². The van der Waals surface area contributed by atoms with Gasteiger partial charge in [-0.2, -0.15) is 0 Å². The average molecular weight is 693 g/mol. The Morgan fingerprint density at radius 1 is 0.620 bits per heavy atom. The van der Waals surface area contributed by atoms with Crippen LogP contribution in [-0.2, 0) is 19.1 Å². The van der Waals surface area contributed by atoms with Crippen LogP contribution in [0.5, 0.6) is 0 Å². The Balaban J connectivity index is 1.40. The molecule has 10 nitrogen and oxygen atoms in total. The molecular weight excluding hydrogens is 632 g/mol. The van der Waals surface area contributed by atoms with Gasteiger partial charge in [0.25, 0.3) is 0 Å². The minimum atomic E-state index is -0.791. The lowest BCUT2D eigenvalue weighted by Crippen LogP contribution is -2.47. The minimum absolute atomic E-state index is 0.0502. The molecule has 1 aliphatic rings. The number of esters is 2. The first-order valence-corrected chi connectivity index (χ1v) is 19.1. The number of rotatable bonds is 24. The summed E-state index contributed by atoms with van der Waals surface area (Å²) in [5, 5.41) is 0. The van der Waals surface area contributed by atoms with Gasteiger partial charge in [0.2, 0.25) is 0 Å². The monoisotopic (exact) mass is 692 g/mol. The molecule has 2 atom stereocenters. The fourth-order valence-electron chi connectivity index (χ4n) is 6.11. The van der Waals surface area contributed by atoms with Gasteiger partial charge >= 0.3 is 11.9 Å². The van der Waals surface area contributed by atoms with Crippen molar-refractivity contribution >= 4 is 35.0 Å². The third-order valence-electron chi connectivity index (χ3n) is 9.44. The van der Waals surface area contributed by atoms with Crippen molar-refractivity contribution in [1.29, 1.82) is 0 Å². The molecule has 0 N–H and O–H groups in total. The third-order valence-corrected chi connectivity index (χ3v) is 9.44. The third kappa shape index (κ3) is 14.2. The summed E-state index contributed by atoms with van der Waals surface area (Å²) < 4.78 is 11.0. The number of unbranched alkanes of at least 4 members (excludes halogenated alkanes) is 12. The Hall–Kier alpha value is -3.82. The van der Waals surface area contributed by atoms with Crippen LogP contribution in [0, 0.1) is 0 Å². The lowest BCUT2D eigenvalue weighted by Gasteiger charge is -2.36. The number of hydrogen-bond acceptors (Lipinski definition) is 10. The Morgan fingerprint density at radius 3 is 1.60 bits per heavy atom. The summed E-state index contributed by atoms with van der Waals surface area (Å²) >= 11 is 0. The van der Waals surface area contributed by atoms with E-state index in [1.54, 1.807) is 38.2 Å². The van der Waals surface area contributed by atoms with Crippen molar-refractivity contribution < 1.29 is 28.7 Å². The molecule has 1 saturated heterocycles. The largest absolute Gasteiger partial charge is 0.451 e. The second-order valence-electron chi connectivity index (χ2n) is 13.6. The van der Waals surface area contributed by atoms with Crippen LogP contribution in [0.1, 0.15) is 151 Å². The van der Waals surface area contributed by atoms with Gasteiger partial charge in [-0.3, -0.25) is 14.6 Å². The van der Waals surface area contributed by atoms with E-state index in [0.717, 1.165) is 50.0 Å². The zero-order valence-corrected chi connectivity index (χ0v) is 31.0. The molecule has 1 aliphatic heterocycles. The van der Waals surface area contributed by atoms with Crippen molar-refractivity contribution in [2.24, 2.45) is 0 Å². The highest BCUT2D eigenvalue weighted by atomic mass is 16.5. The molecule has 10 heteroatoms. The Kier molecular flexibility index (Phi) is 18.5. The lowest BCUT2D eigenvalue weighted by molar-refractivity contribution is -0.127. The number of anilines is 2. The van der Waals surface area contributed by atoms with Gasteiger partial charge in [-0.25, -0.2) is 14.6 Å². The molecule has 0 bridgehead atoms. The number of ether oxygens (including phenoxy) is 2. The van der Waals surface area contributed by atoms with Crippen LogP contribution in [0.2, 0.25) is 0 Å². The van der Waals surface area contributed by atoms with Crippen LogP contribution >= 0.6 is 0 Å². The summed E-state index contributed by atoms with van der Waals surface area (Å²) in [5.41, 5.74) is 1.44. The van der Waals surface area contributed by atoms with Crippen molar-refractivity contribution in [3.63, 3.8) is 0 Å². The molecule has 0 aliphatic carbocycles. The SMILES string of the molecule is CCCCCCCCCC(=O)[C@@H](C)OC(=O)c1ccc(N2CCN(c3cncc(C(=O)O[C@H](C)C(=O)CCCCCCCCC)c3)CC2)nc1. The maximum absolute atomic E-state index is 12.9. The smallest absolute Gasteiger partial charge is 0.340 e. The lowest BCUT2D eigenvalue weighted by atomic mass is 10.1. The number of aromatic nitrogens is 2. The number of pyridine rings is 2. The summed E-state index contributed by atoms with van der Waals surface area (Å²) in [7, 11) is 0. The van der Waals surface area contributed by atoms with Crippen molar-refractivity contribution in [3.8, 4) is 0 Å². The van der Waals surface area contributed by atoms with Crippen molar-refractivity contribution in [2.45, 2.75) is 143 Å². The van der Waals surface area contributed by atoms with Crippen molar-refractivity contribution in [2.75, 3.05) is 36.0 Å². The Labute approximate surface area is 299 Å². The van der Waals surface area contributed by atoms with Crippen molar-refractivity contribution in [3.05, 3.63) is 47.9 Å². The van der Waals surface area contributed by atoms with Crippen LogP contribution in [0.25, 0.3) is 0 Å². The maximum atomic E-state index is 12.9. The molecular formula is C40H60N4O6. The first-order valence-electron chi connectivity index (χ1n) is 19.1. The number of ketones is 2. The standard InChI is InChI=1S/C40H60N4O6/c1-5-7-9-11-13-15-17-19-36(45)31(3)49-39(47)33-21-22-38(42-29-33)44-25-23-43(24-26-44)35-27-34(28-41-30-35)40(48)50-32(4)37(46)20-18-16-14-12-10-8-6-2/h21-22,27-32H,5-20,23-26H2,1-4H3/t31-,32-/m1/s1. The van der Waals surface area contributed by atoms with Gasteiger partial charge in [0.15, 0.2) is 23.8 Å². The van der Waals surface area contributed by atoms with Crippen LogP contribution in [0.3, 0.4) is 0 Å². The minimum Gasteiger partial charge on any atom is -0.451 e. The normalized spacial score (nSPS) is 14.2. The molecule has 2 aromatic heterocycles. The van der Waals surface area contributed by atoms with Gasteiger partial charge in [0.1, 0.15) is 5.82 Å². The molecule has 0 radical (unpaired) electrons. The van der Waals surface area contributed by atoms with Crippen molar-refractivity contribution in [1.82, 2.24) is 9.97 Å².